The Bertz CT molecular complexity index is 339. The van der Waals surface area contributed by atoms with Gasteiger partial charge < -0.3 is 0 Å². The molecule has 0 fully saturated rings. The van der Waals surface area contributed by atoms with Crippen molar-refractivity contribution in [2.75, 3.05) is 0 Å². The van der Waals surface area contributed by atoms with Crippen LogP contribution in [0.1, 0.15) is 0 Å². The summed E-state index contributed by atoms with van der Waals surface area (Å²) in [4.78, 5) is 0. The van der Waals surface area contributed by atoms with Crippen LogP contribution in [0.4, 0.5) is 0 Å². The molecule has 0 aromatic carbocycles. The summed E-state index contributed by atoms with van der Waals surface area (Å²) in [5.41, 5.74) is 0. The van der Waals surface area contributed by atoms with Crippen molar-refractivity contribution in [3.05, 3.63) is 34.4 Å². The number of hydrogen-bond acceptors (Lipinski definition) is 2. The maximum atomic E-state index is 4.14. The maximum absolute atomic E-state index is 4.14. The van der Waals surface area contributed by atoms with Gasteiger partial charge in [-0.2, -0.15) is 5.10 Å². The molecule has 4 heteroatoms. The van der Waals surface area contributed by atoms with E-state index < -0.39 is 0 Å². The second kappa shape index (κ2) is 2.79. The number of thiophene rings is 1. The van der Waals surface area contributed by atoms with E-state index in [2.05, 4.69) is 21.0 Å². The smallest absolute Gasteiger partial charge is 0.117 e. The Morgan fingerprint density at radius 1 is 1.55 bits per heavy atom. The Morgan fingerprint density at radius 3 is 3.00 bits per heavy atom. The van der Waals surface area contributed by atoms with Crippen molar-refractivity contribution < 1.29 is 0 Å². The van der Waals surface area contributed by atoms with E-state index in [1.807, 2.05) is 28.4 Å². The molecule has 0 N–H and O–H groups in total. The SMILES string of the molecule is Brc1cnn(-c2cccs2)c1. The maximum Gasteiger partial charge on any atom is 0.117 e. The quantitative estimate of drug-likeness (QED) is 0.735. The largest absolute Gasteiger partial charge is 0.230 e. The van der Waals surface area contributed by atoms with Crippen molar-refractivity contribution in [1.82, 2.24) is 9.78 Å². The van der Waals surface area contributed by atoms with Crippen LogP contribution in [0.2, 0.25) is 0 Å². The molecule has 0 bridgehead atoms. The van der Waals surface area contributed by atoms with Crippen LogP contribution in [0.5, 0.6) is 0 Å². The molecule has 0 aliphatic carbocycles. The molecule has 2 aromatic heterocycles. The Morgan fingerprint density at radius 2 is 2.45 bits per heavy atom. The molecule has 0 atom stereocenters. The van der Waals surface area contributed by atoms with E-state index in [4.69, 9.17) is 0 Å². The molecule has 2 heterocycles. The van der Waals surface area contributed by atoms with Crippen molar-refractivity contribution in [2.45, 2.75) is 0 Å². The molecule has 2 rings (SSSR count). The molecule has 2 aromatic rings. The third-order valence-electron chi connectivity index (χ3n) is 1.28. The summed E-state index contributed by atoms with van der Waals surface area (Å²) in [6.07, 6.45) is 3.71. The fraction of sp³-hybridized carbons (Fsp3) is 0. The van der Waals surface area contributed by atoms with Crippen molar-refractivity contribution >= 4 is 27.3 Å². The molecular formula is C7H5BrN2S. The lowest BCUT2D eigenvalue weighted by molar-refractivity contribution is 0.897. The summed E-state index contributed by atoms with van der Waals surface area (Å²) in [6, 6.07) is 4.04. The molecule has 0 aliphatic heterocycles. The van der Waals surface area contributed by atoms with Gasteiger partial charge in [0.2, 0.25) is 0 Å². The highest BCUT2D eigenvalue weighted by Gasteiger charge is 1.97. The van der Waals surface area contributed by atoms with Gasteiger partial charge in [-0.3, -0.25) is 0 Å². The fourth-order valence-corrected chi connectivity index (χ4v) is 1.77. The summed E-state index contributed by atoms with van der Waals surface area (Å²) in [5.74, 6) is 0. The molecule has 11 heavy (non-hydrogen) atoms. The molecule has 0 spiro atoms. The zero-order chi connectivity index (χ0) is 7.68. The number of hydrogen-bond donors (Lipinski definition) is 0. The minimum absolute atomic E-state index is 1.01. The van der Waals surface area contributed by atoms with Crippen LogP contribution in [-0.2, 0) is 0 Å². The lowest BCUT2D eigenvalue weighted by Crippen LogP contribution is -1.88. The predicted molar refractivity (Wildman–Crippen MR) is 49.1 cm³/mol. The fourth-order valence-electron chi connectivity index (χ4n) is 0.822. The zero-order valence-corrected chi connectivity index (χ0v) is 7.97. The number of rotatable bonds is 1. The molecule has 0 aliphatic rings. The standard InChI is InChI=1S/C7H5BrN2S/c8-6-4-9-10(5-6)7-2-1-3-11-7/h1-5H. The van der Waals surface area contributed by atoms with E-state index in [-0.39, 0.29) is 0 Å². The highest BCUT2D eigenvalue weighted by Crippen LogP contribution is 2.16. The third kappa shape index (κ3) is 1.36. The Hall–Kier alpha value is -0.610. The normalized spacial score (nSPS) is 10.3. The second-order valence-corrected chi connectivity index (χ2v) is 3.90. The van der Waals surface area contributed by atoms with E-state index in [1.165, 1.54) is 0 Å². The second-order valence-electron chi connectivity index (χ2n) is 2.05. The van der Waals surface area contributed by atoms with Gasteiger partial charge in [0.15, 0.2) is 0 Å². The molecule has 0 unspecified atom stereocenters. The van der Waals surface area contributed by atoms with Crippen molar-refractivity contribution in [1.29, 1.82) is 0 Å². The van der Waals surface area contributed by atoms with Gasteiger partial charge in [-0.15, -0.1) is 11.3 Å². The van der Waals surface area contributed by atoms with Gasteiger partial charge in [0.1, 0.15) is 5.00 Å². The van der Waals surface area contributed by atoms with E-state index in [0.717, 1.165) is 9.47 Å². The molecule has 0 radical (unpaired) electrons. The van der Waals surface area contributed by atoms with Gasteiger partial charge in [0.25, 0.3) is 0 Å². The molecule has 0 amide bonds. The average Bonchev–Trinajstić information content (AvgIpc) is 2.55. The molecule has 0 saturated carbocycles. The van der Waals surface area contributed by atoms with Crippen LogP contribution in [0, 0.1) is 0 Å². The highest BCUT2D eigenvalue weighted by molar-refractivity contribution is 9.10. The van der Waals surface area contributed by atoms with Crippen LogP contribution >= 0.6 is 27.3 Å². The summed E-state index contributed by atoms with van der Waals surface area (Å²) in [6.45, 7) is 0. The lowest BCUT2D eigenvalue weighted by atomic mass is 10.6. The first kappa shape index (κ1) is 7.06. The summed E-state index contributed by atoms with van der Waals surface area (Å²) in [7, 11) is 0. The predicted octanol–water partition coefficient (Wildman–Crippen LogP) is 2.70. The molecular weight excluding hydrogens is 224 g/mol. The van der Waals surface area contributed by atoms with Crippen LogP contribution in [0.3, 0.4) is 0 Å². The zero-order valence-electron chi connectivity index (χ0n) is 5.57. The topological polar surface area (TPSA) is 17.8 Å². The Labute approximate surface area is 76.6 Å². The first-order valence-electron chi connectivity index (χ1n) is 3.10. The minimum atomic E-state index is 1.01. The number of aromatic nitrogens is 2. The third-order valence-corrected chi connectivity index (χ3v) is 2.55. The first-order valence-corrected chi connectivity index (χ1v) is 4.77. The number of nitrogens with zero attached hydrogens (tertiary/aromatic N) is 2. The van der Waals surface area contributed by atoms with Crippen LogP contribution < -0.4 is 0 Å². The van der Waals surface area contributed by atoms with Gasteiger partial charge in [-0.05, 0) is 33.4 Å². The average molecular weight is 229 g/mol. The van der Waals surface area contributed by atoms with Crippen LogP contribution in [-0.4, -0.2) is 9.78 Å². The summed E-state index contributed by atoms with van der Waals surface area (Å²) < 4.78 is 2.85. The van der Waals surface area contributed by atoms with Crippen LogP contribution in [0.15, 0.2) is 34.4 Å². The van der Waals surface area contributed by atoms with E-state index in [0.29, 0.717) is 0 Å². The first-order chi connectivity index (χ1) is 5.36. The van der Waals surface area contributed by atoms with E-state index >= 15 is 0 Å². The number of halogens is 1. The minimum Gasteiger partial charge on any atom is -0.230 e. The molecule has 0 saturated heterocycles. The monoisotopic (exact) mass is 228 g/mol. The van der Waals surface area contributed by atoms with Gasteiger partial charge >= 0.3 is 0 Å². The molecule has 2 nitrogen and oxygen atoms in total. The van der Waals surface area contributed by atoms with Crippen LogP contribution in [0.25, 0.3) is 5.00 Å². The van der Waals surface area contributed by atoms with Gasteiger partial charge in [-0.1, -0.05) is 0 Å². The highest BCUT2D eigenvalue weighted by atomic mass is 79.9. The summed E-state index contributed by atoms with van der Waals surface area (Å²) >= 11 is 5.01. The van der Waals surface area contributed by atoms with Gasteiger partial charge in [0, 0.05) is 6.20 Å². The Balaban J connectivity index is 2.45. The van der Waals surface area contributed by atoms with E-state index in [9.17, 15) is 0 Å². The van der Waals surface area contributed by atoms with Crippen molar-refractivity contribution in [2.24, 2.45) is 0 Å². The van der Waals surface area contributed by atoms with Crippen molar-refractivity contribution in [3.8, 4) is 5.00 Å². The summed E-state index contributed by atoms with van der Waals surface area (Å²) in [5, 5.41) is 7.31. The Kier molecular flexibility index (Phi) is 1.79. The van der Waals surface area contributed by atoms with E-state index in [1.54, 1.807) is 17.5 Å². The van der Waals surface area contributed by atoms with Gasteiger partial charge in [0.05, 0.1) is 10.7 Å². The lowest BCUT2D eigenvalue weighted by Gasteiger charge is -1.91. The van der Waals surface area contributed by atoms with Crippen molar-refractivity contribution in [3.63, 3.8) is 0 Å². The molecule has 56 valence electrons. The van der Waals surface area contributed by atoms with Gasteiger partial charge in [-0.25, -0.2) is 4.68 Å².